The molecule has 3 aromatic heterocycles. The maximum absolute atomic E-state index is 12.8. The Morgan fingerprint density at radius 1 is 1.09 bits per heavy atom. The van der Waals surface area contributed by atoms with Gasteiger partial charge in [0.1, 0.15) is 0 Å². The van der Waals surface area contributed by atoms with Gasteiger partial charge in [0.05, 0.1) is 23.0 Å². The van der Waals surface area contributed by atoms with Gasteiger partial charge in [-0.3, -0.25) is 18.7 Å². The van der Waals surface area contributed by atoms with Gasteiger partial charge in [0.2, 0.25) is 5.91 Å². The Labute approximate surface area is 185 Å². The molecule has 0 saturated heterocycles. The Bertz CT molecular complexity index is 1620. The number of carbonyl (C=O) groups excluding carboxylic acids is 1. The first-order valence-corrected chi connectivity index (χ1v) is 10.8. The Morgan fingerprint density at radius 3 is 2.75 bits per heavy atom. The number of H-pyrrole nitrogens is 1. The van der Waals surface area contributed by atoms with E-state index in [4.69, 9.17) is 0 Å². The number of anilines is 1. The maximum Gasteiger partial charge on any atom is 0.330 e. The van der Waals surface area contributed by atoms with Crippen LogP contribution in [-0.4, -0.2) is 25.0 Å². The molecule has 1 amide bonds. The van der Waals surface area contributed by atoms with Gasteiger partial charge in [-0.25, -0.2) is 9.78 Å². The number of fused-ring (bicyclic) bond motifs is 2. The molecule has 0 saturated carbocycles. The first-order chi connectivity index (χ1) is 15.4. The second kappa shape index (κ2) is 7.61. The van der Waals surface area contributed by atoms with E-state index in [1.54, 1.807) is 25.2 Å². The number of nitrogens with one attached hydrogen (secondary N) is 2. The van der Waals surface area contributed by atoms with Crippen LogP contribution in [0.1, 0.15) is 5.56 Å². The van der Waals surface area contributed by atoms with E-state index in [0.29, 0.717) is 21.6 Å². The predicted molar refractivity (Wildman–Crippen MR) is 126 cm³/mol. The Balaban J connectivity index is 1.42. The molecule has 5 rings (SSSR count). The highest BCUT2D eigenvalue weighted by molar-refractivity contribution is 7.14. The van der Waals surface area contributed by atoms with Crippen molar-refractivity contribution >= 4 is 44.2 Å². The average molecular weight is 446 g/mol. The number of nitrogens with zero attached hydrogens (tertiary/aromatic N) is 3. The molecule has 0 unspecified atom stereocenters. The van der Waals surface area contributed by atoms with Crippen LogP contribution in [0.5, 0.6) is 0 Å². The molecule has 0 aliphatic carbocycles. The molecule has 0 radical (unpaired) electrons. The van der Waals surface area contributed by atoms with Gasteiger partial charge in [0.15, 0.2) is 5.13 Å². The molecule has 5 aromatic rings. The van der Waals surface area contributed by atoms with Crippen LogP contribution in [0, 0.1) is 0 Å². The second-order valence-corrected chi connectivity index (χ2v) is 8.39. The topological polar surface area (TPSA) is 102 Å². The van der Waals surface area contributed by atoms with E-state index in [2.05, 4.69) is 15.3 Å². The van der Waals surface area contributed by atoms with Crippen LogP contribution in [0.25, 0.3) is 33.1 Å². The zero-order valence-corrected chi connectivity index (χ0v) is 18.2. The van der Waals surface area contributed by atoms with E-state index in [9.17, 15) is 14.4 Å². The molecule has 32 heavy (non-hydrogen) atoms. The summed E-state index contributed by atoms with van der Waals surface area (Å²) >= 11 is 1.34. The molecule has 0 spiro atoms. The fourth-order valence-electron chi connectivity index (χ4n) is 3.92. The standard InChI is InChI=1S/C23H19N5O3S/c1-27-18-9-5-6-13(20(18)21(30)28(2)23(27)31)10-19(29)26-22-25-17(12-32-22)15-11-24-16-8-4-3-7-14(15)16/h3-9,11-12,24H,10H2,1-2H3,(H,25,26,29). The number of thiazole rings is 1. The summed E-state index contributed by atoms with van der Waals surface area (Å²) in [6, 6.07) is 13.1. The van der Waals surface area contributed by atoms with Crippen molar-refractivity contribution in [1.82, 2.24) is 19.1 Å². The van der Waals surface area contributed by atoms with Crippen molar-refractivity contribution in [2.24, 2.45) is 14.1 Å². The van der Waals surface area contributed by atoms with Gasteiger partial charge in [-0.2, -0.15) is 0 Å². The minimum atomic E-state index is -0.414. The molecule has 2 N–H and O–H groups in total. The molecular formula is C23H19N5O3S. The van der Waals surface area contributed by atoms with Crippen LogP contribution in [-0.2, 0) is 25.3 Å². The zero-order chi connectivity index (χ0) is 22.4. The monoisotopic (exact) mass is 445 g/mol. The normalized spacial score (nSPS) is 11.3. The number of aryl methyl sites for hydroxylation is 1. The number of amides is 1. The van der Waals surface area contributed by atoms with Gasteiger partial charge in [-0.05, 0) is 17.7 Å². The minimum Gasteiger partial charge on any atom is -0.360 e. The molecule has 3 heterocycles. The third-order valence-corrected chi connectivity index (χ3v) is 6.31. The number of hydrogen-bond donors (Lipinski definition) is 2. The summed E-state index contributed by atoms with van der Waals surface area (Å²) in [4.78, 5) is 45.4. The van der Waals surface area contributed by atoms with Gasteiger partial charge >= 0.3 is 5.69 Å². The summed E-state index contributed by atoms with van der Waals surface area (Å²) in [7, 11) is 3.04. The molecular weight excluding hydrogens is 426 g/mol. The summed E-state index contributed by atoms with van der Waals surface area (Å²) in [5.41, 5.74) is 3.00. The molecule has 0 fully saturated rings. The first kappa shape index (κ1) is 20.0. The Hall–Kier alpha value is -3.98. The van der Waals surface area contributed by atoms with Crippen LogP contribution in [0.15, 0.2) is 63.6 Å². The van der Waals surface area contributed by atoms with Gasteiger partial charge in [0, 0.05) is 42.1 Å². The van der Waals surface area contributed by atoms with Crippen molar-refractivity contribution in [2.75, 3.05) is 5.32 Å². The molecule has 2 aromatic carbocycles. The van der Waals surface area contributed by atoms with Gasteiger partial charge in [-0.15, -0.1) is 11.3 Å². The number of aromatic nitrogens is 4. The first-order valence-electron chi connectivity index (χ1n) is 9.93. The second-order valence-electron chi connectivity index (χ2n) is 7.53. The number of carbonyl (C=O) groups is 1. The smallest absolute Gasteiger partial charge is 0.330 e. The third-order valence-electron chi connectivity index (χ3n) is 5.55. The summed E-state index contributed by atoms with van der Waals surface area (Å²) in [5.74, 6) is -0.284. The molecule has 0 atom stereocenters. The number of para-hydroxylation sites is 1. The zero-order valence-electron chi connectivity index (χ0n) is 17.4. The summed E-state index contributed by atoms with van der Waals surface area (Å²) < 4.78 is 2.46. The molecule has 9 heteroatoms. The highest BCUT2D eigenvalue weighted by Crippen LogP contribution is 2.31. The molecule has 0 bridgehead atoms. The third kappa shape index (κ3) is 3.23. The quantitative estimate of drug-likeness (QED) is 0.444. The largest absolute Gasteiger partial charge is 0.360 e. The van der Waals surface area contributed by atoms with Crippen molar-refractivity contribution in [2.45, 2.75) is 6.42 Å². The van der Waals surface area contributed by atoms with Crippen LogP contribution in [0.2, 0.25) is 0 Å². The van der Waals surface area contributed by atoms with E-state index < -0.39 is 11.2 Å². The number of benzene rings is 2. The maximum atomic E-state index is 12.8. The Morgan fingerprint density at radius 2 is 1.91 bits per heavy atom. The van der Waals surface area contributed by atoms with Gasteiger partial charge in [-0.1, -0.05) is 30.3 Å². The highest BCUT2D eigenvalue weighted by Gasteiger charge is 2.16. The van der Waals surface area contributed by atoms with E-state index >= 15 is 0 Å². The lowest BCUT2D eigenvalue weighted by Gasteiger charge is -2.10. The summed E-state index contributed by atoms with van der Waals surface area (Å²) in [6.45, 7) is 0. The van der Waals surface area contributed by atoms with Crippen molar-refractivity contribution < 1.29 is 4.79 Å². The predicted octanol–water partition coefficient (Wildman–Crippen LogP) is 3.02. The highest BCUT2D eigenvalue weighted by atomic mass is 32.1. The number of hydrogen-bond acceptors (Lipinski definition) is 5. The lowest BCUT2D eigenvalue weighted by atomic mass is 10.1. The van der Waals surface area contributed by atoms with E-state index in [-0.39, 0.29) is 12.3 Å². The molecule has 8 nitrogen and oxygen atoms in total. The fourth-order valence-corrected chi connectivity index (χ4v) is 4.64. The number of aromatic amines is 1. The van der Waals surface area contributed by atoms with Crippen LogP contribution in [0.3, 0.4) is 0 Å². The van der Waals surface area contributed by atoms with Gasteiger partial charge < -0.3 is 10.3 Å². The SMILES string of the molecule is Cn1c(=O)c2c(CC(=O)Nc3nc(-c4c[nH]c5ccccc45)cs3)cccc2n(C)c1=O. The average Bonchev–Trinajstić information content (AvgIpc) is 3.42. The van der Waals surface area contributed by atoms with Crippen LogP contribution in [0.4, 0.5) is 5.13 Å². The summed E-state index contributed by atoms with van der Waals surface area (Å²) in [6.07, 6.45) is 1.90. The fraction of sp³-hybridized carbons (Fsp3) is 0.130. The summed E-state index contributed by atoms with van der Waals surface area (Å²) in [5, 5.41) is 6.64. The Kier molecular flexibility index (Phi) is 4.75. The van der Waals surface area contributed by atoms with Crippen molar-refractivity contribution in [3.05, 3.63) is 80.4 Å². The minimum absolute atomic E-state index is 0.00716. The van der Waals surface area contributed by atoms with E-state index in [1.165, 1.54) is 23.0 Å². The van der Waals surface area contributed by atoms with Gasteiger partial charge in [0.25, 0.3) is 5.56 Å². The van der Waals surface area contributed by atoms with E-state index in [1.807, 2.05) is 35.8 Å². The molecule has 0 aliphatic rings. The molecule has 160 valence electrons. The lowest BCUT2D eigenvalue weighted by Crippen LogP contribution is -2.37. The lowest BCUT2D eigenvalue weighted by molar-refractivity contribution is -0.115. The number of rotatable bonds is 4. The van der Waals surface area contributed by atoms with Crippen molar-refractivity contribution in [1.29, 1.82) is 0 Å². The van der Waals surface area contributed by atoms with E-state index in [0.717, 1.165) is 26.7 Å². The van der Waals surface area contributed by atoms with Crippen LogP contribution < -0.4 is 16.6 Å². The van der Waals surface area contributed by atoms with Crippen LogP contribution >= 0.6 is 11.3 Å². The van der Waals surface area contributed by atoms with Crippen molar-refractivity contribution in [3.8, 4) is 11.3 Å². The van der Waals surface area contributed by atoms with Crippen molar-refractivity contribution in [3.63, 3.8) is 0 Å². The molecule has 0 aliphatic heterocycles.